The normalized spacial score (nSPS) is 12.4. The molecule has 0 saturated heterocycles. The molecule has 0 bridgehead atoms. The lowest BCUT2D eigenvalue weighted by Crippen LogP contribution is -2.17. The largest absolute Gasteiger partial charge is 0.486 e. The van der Waals surface area contributed by atoms with Crippen LogP contribution in [0.3, 0.4) is 0 Å². The monoisotopic (exact) mass is 512 g/mol. The average molecular weight is 513 g/mol. The molecule has 5 rings (SSSR count). The second-order valence-corrected chi connectivity index (χ2v) is 8.88. The summed E-state index contributed by atoms with van der Waals surface area (Å²) < 4.78 is 24.3. The molecular formula is C24H21ClN4O5S. The molecule has 1 aliphatic heterocycles. The van der Waals surface area contributed by atoms with Gasteiger partial charge in [0.1, 0.15) is 31.3 Å². The van der Waals surface area contributed by atoms with Crippen LogP contribution in [0.2, 0.25) is 5.02 Å². The Morgan fingerprint density at radius 3 is 2.71 bits per heavy atom. The zero-order valence-corrected chi connectivity index (χ0v) is 20.1. The molecule has 0 fully saturated rings. The predicted molar refractivity (Wildman–Crippen MR) is 130 cm³/mol. The lowest BCUT2D eigenvalue weighted by molar-refractivity contribution is -0.113. The second kappa shape index (κ2) is 10.7. The maximum atomic E-state index is 12.6. The summed E-state index contributed by atoms with van der Waals surface area (Å²) in [7, 11) is 0. The fourth-order valence-electron chi connectivity index (χ4n) is 3.38. The molecule has 2 aromatic heterocycles. The number of thioether (sulfide) groups is 1. The van der Waals surface area contributed by atoms with Crippen molar-refractivity contribution in [3.63, 3.8) is 0 Å². The standard InChI is InChI=1S/C24H21ClN4O5S/c25-16-3-6-18(7-4-16)34-14-22-27-28-24(29(22)13-19-2-1-9-31-19)35-15-23(30)26-17-5-8-20-21(12-17)33-11-10-32-20/h1-9,12H,10-11,13-15H2,(H,26,30). The van der Waals surface area contributed by atoms with E-state index in [0.29, 0.717) is 58.7 Å². The summed E-state index contributed by atoms with van der Waals surface area (Å²) in [6.07, 6.45) is 1.61. The maximum Gasteiger partial charge on any atom is 0.234 e. The molecule has 9 nitrogen and oxygen atoms in total. The summed E-state index contributed by atoms with van der Waals surface area (Å²) >= 11 is 7.22. The number of hydrogen-bond acceptors (Lipinski definition) is 8. The Hall–Kier alpha value is -3.63. The molecule has 0 unspecified atom stereocenters. The van der Waals surface area contributed by atoms with Crippen molar-refractivity contribution in [2.75, 3.05) is 24.3 Å². The first-order valence-corrected chi connectivity index (χ1v) is 12.2. The van der Waals surface area contributed by atoms with Crippen LogP contribution in [0.15, 0.2) is 70.4 Å². The van der Waals surface area contributed by atoms with E-state index in [1.54, 1.807) is 48.7 Å². The number of carbonyl (C=O) groups is 1. The molecule has 0 radical (unpaired) electrons. The minimum Gasteiger partial charge on any atom is -0.486 e. The molecule has 0 saturated carbocycles. The Bertz CT molecular complexity index is 1290. The van der Waals surface area contributed by atoms with Crippen LogP contribution >= 0.6 is 23.4 Å². The third kappa shape index (κ3) is 5.90. The van der Waals surface area contributed by atoms with E-state index in [1.807, 2.05) is 16.7 Å². The van der Waals surface area contributed by atoms with E-state index in [2.05, 4.69) is 15.5 Å². The lowest BCUT2D eigenvalue weighted by Gasteiger charge is -2.19. The van der Waals surface area contributed by atoms with Crippen molar-refractivity contribution in [3.8, 4) is 17.2 Å². The molecule has 1 N–H and O–H groups in total. The van der Waals surface area contributed by atoms with Gasteiger partial charge >= 0.3 is 0 Å². The minimum atomic E-state index is -0.182. The van der Waals surface area contributed by atoms with E-state index in [1.165, 1.54) is 11.8 Å². The van der Waals surface area contributed by atoms with Crippen LogP contribution in [0.25, 0.3) is 0 Å². The Labute approximate surface area is 210 Å². The van der Waals surface area contributed by atoms with E-state index in [4.69, 9.17) is 30.2 Å². The van der Waals surface area contributed by atoms with E-state index in [0.717, 1.165) is 5.76 Å². The van der Waals surface area contributed by atoms with Gasteiger partial charge in [0.15, 0.2) is 22.5 Å². The van der Waals surface area contributed by atoms with Gasteiger partial charge in [-0.15, -0.1) is 10.2 Å². The number of hydrogen-bond donors (Lipinski definition) is 1. The summed E-state index contributed by atoms with van der Waals surface area (Å²) in [6.45, 7) is 1.60. The molecule has 3 heterocycles. The maximum absolute atomic E-state index is 12.6. The summed E-state index contributed by atoms with van der Waals surface area (Å²) in [5.41, 5.74) is 0.633. The van der Waals surface area contributed by atoms with Gasteiger partial charge in [-0.3, -0.25) is 9.36 Å². The number of ether oxygens (including phenoxy) is 3. The number of rotatable bonds is 9. The van der Waals surface area contributed by atoms with Gasteiger partial charge in [0.25, 0.3) is 0 Å². The molecule has 11 heteroatoms. The first-order valence-electron chi connectivity index (χ1n) is 10.8. The van der Waals surface area contributed by atoms with Gasteiger partial charge in [-0.25, -0.2) is 0 Å². The molecule has 4 aromatic rings. The summed E-state index contributed by atoms with van der Waals surface area (Å²) in [5, 5.41) is 12.6. The second-order valence-electron chi connectivity index (χ2n) is 7.50. The number of aromatic nitrogens is 3. The van der Waals surface area contributed by atoms with Crippen LogP contribution < -0.4 is 19.5 Å². The van der Waals surface area contributed by atoms with E-state index >= 15 is 0 Å². The molecular weight excluding hydrogens is 492 g/mol. The van der Waals surface area contributed by atoms with Crippen LogP contribution in [0.5, 0.6) is 17.2 Å². The number of nitrogens with zero attached hydrogens (tertiary/aromatic N) is 3. The summed E-state index contributed by atoms with van der Waals surface area (Å²) in [6, 6.07) is 16.1. The summed E-state index contributed by atoms with van der Waals surface area (Å²) in [4.78, 5) is 12.6. The van der Waals surface area contributed by atoms with Crippen molar-refractivity contribution in [2.24, 2.45) is 0 Å². The van der Waals surface area contributed by atoms with Crippen LogP contribution in [-0.2, 0) is 17.9 Å². The van der Waals surface area contributed by atoms with Crippen LogP contribution in [0.1, 0.15) is 11.6 Å². The Kier molecular flexibility index (Phi) is 7.10. The van der Waals surface area contributed by atoms with E-state index in [9.17, 15) is 4.79 Å². The quantitative estimate of drug-likeness (QED) is 0.323. The first kappa shape index (κ1) is 23.1. The SMILES string of the molecule is O=C(CSc1nnc(COc2ccc(Cl)cc2)n1Cc1ccco1)Nc1ccc2c(c1)OCCO2. The Morgan fingerprint density at radius 1 is 1.09 bits per heavy atom. The van der Waals surface area contributed by atoms with Gasteiger partial charge in [-0.05, 0) is 48.5 Å². The van der Waals surface area contributed by atoms with Crippen molar-refractivity contribution in [1.82, 2.24) is 14.8 Å². The molecule has 180 valence electrons. The van der Waals surface area contributed by atoms with Crippen LogP contribution in [0, 0.1) is 0 Å². The molecule has 35 heavy (non-hydrogen) atoms. The van der Waals surface area contributed by atoms with E-state index in [-0.39, 0.29) is 18.3 Å². The third-order valence-electron chi connectivity index (χ3n) is 5.03. The highest BCUT2D eigenvalue weighted by Crippen LogP contribution is 2.32. The Balaban J connectivity index is 1.25. The number of anilines is 1. The highest BCUT2D eigenvalue weighted by Gasteiger charge is 2.17. The van der Waals surface area contributed by atoms with Crippen molar-refractivity contribution in [3.05, 3.63) is 77.5 Å². The van der Waals surface area contributed by atoms with Gasteiger partial charge in [-0.2, -0.15) is 0 Å². The van der Waals surface area contributed by atoms with Gasteiger partial charge in [-0.1, -0.05) is 23.4 Å². The van der Waals surface area contributed by atoms with Crippen molar-refractivity contribution in [1.29, 1.82) is 0 Å². The zero-order valence-electron chi connectivity index (χ0n) is 18.5. The van der Waals surface area contributed by atoms with Crippen LogP contribution in [0.4, 0.5) is 5.69 Å². The number of nitrogens with one attached hydrogen (secondary N) is 1. The smallest absolute Gasteiger partial charge is 0.234 e. The molecule has 0 atom stereocenters. The molecule has 1 aliphatic rings. The highest BCUT2D eigenvalue weighted by atomic mass is 35.5. The zero-order chi connectivity index (χ0) is 24.0. The first-order chi connectivity index (χ1) is 17.1. The number of furan rings is 1. The fraction of sp³-hybridized carbons (Fsp3) is 0.208. The minimum absolute atomic E-state index is 0.142. The van der Waals surface area contributed by atoms with Crippen molar-refractivity contribution < 1.29 is 23.4 Å². The van der Waals surface area contributed by atoms with Crippen molar-refractivity contribution >= 4 is 35.0 Å². The van der Waals surface area contributed by atoms with E-state index < -0.39 is 0 Å². The lowest BCUT2D eigenvalue weighted by atomic mass is 10.2. The number of carbonyl (C=O) groups excluding carboxylic acids is 1. The summed E-state index contributed by atoms with van der Waals surface area (Å²) in [5.74, 6) is 3.25. The van der Waals surface area contributed by atoms with Gasteiger partial charge in [0.05, 0.1) is 18.6 Å². The topological polar surface area (TPSA) is 101 Å². The Morgan fingerprint density at radius 2 is 1.91 bits per heavy atom. The van der Waals surface area contributed by atoms with Gasteiger partial charge < -0.3 is 23.9 Å². The number of amides is 1. The molecule has 1 amide bonds. The third-order valence-corrected chi connectivity index (χ3v) is 6.25. The molecule has 0 spiro atoms. The predicted octanol–water partition coefficient (Wildman–Crippen LogP) is 4.65. The van der Waals surface area contributed by atoms with Crippen LogP contribution in [-0.4, -0.2) is 39.6 Å². The number of benzene rings is 2. The highest BCUT2D eigenvalue weighted by molar-refractivity contribution is 7.99. The van der Waals surface area contributed by atoms with Gasteiger partial charge in [0, 0.05) is 16.8 Å². The number of fused-ring (bicyclic) bond motifs is 1. The van der Waals surface area contributed by atoms with Crippen molar-refractivity contribution in [2.45, 2.75) is 18.3 Å². The molecule has 2 aromatic carbocycles. The number of halogens is 1. The van der Waals surface area contributed by atoms with Gasteiger partial charge in [0.2, 0.25) is 5.91 Å². The average Bonchev–Trinajstić information content (AvgIpc) is 3.53. The fourth-order valence-corrected chi connectivity index (χ4v) is 4.26. The molecule has 0 aliphatic carbocycles.